The Morgan fingerprint density at radius 2 is 1.52 bits per heavy atom. The second-order valence-electron chi connectivity index (χ2n) is 6.01. The number of ether oxygens (including phenoxy) is 3. The van der Waals surface area contributed by atoms with Crippen molar-refractivity contribution in [2.75, 3.05) is 18.5 Å². The quantitative estimate of drug-likeness (QED) is 0.625. The zero-order valence-electron chi connectivity index (χ0n) is 16.6. The smallest absolute Gasteiger partial charge is 0.339 e. The van der Waals surface area contributed by atoms with E-state index in [4.69, 9.17) is 19.9 Å². The fourth-order valence-electron chi connectivity index (χ4n) is 2.42. The number of anilines is 1. The predicted molar refractivity (Wildman–Crippen MR) is 107 cm³/mol. The van der Waals surface area contributed by atoms with E-state index >= 15 is 0 Å². The number of benzene rings is 2. The molecule has 0 bridgehead atoms. The molecule has 29 heavy (non-hydrogen) atoms. The predicted octanol–water partition coefficient (Wildman–Crippen LogP) is 2.77. The number of carbonyl (C=O) groups is 3. The van der Waals surface area contributed by atoms with Crippen molar-refractivity contribution in [1.82, 2.24) is 0 Å². The van der Waals surface area contributed by atoms with Gasteiger partial charge in [0.1, 0.15) is 0 Å². The van der Waals surface area contributed by atoms with Crippen LogP contribution in [0.2, 0.25) is 0 Å². The summed E-state index contributed by atoms with van der Waals surface area (Å²) < 4.78 is 16.2. The lowest BCUT2D eigenvalue weighted by Gasteiger charge is -2.15. The molecule has 0 spiro atoms. The molecule has 0 saturated heterocycles. The molecule has 0 radical (unpaired) electrons. The first-order valence-electron chi connectivity index (χ1n) is 9.17. The average Bonchev–Trinajstić information content (AvgIpc) is 2.69. The summed E-state index contributed by atoms with van der Waals surface area (Å²) in [6.07, 6.45) is -1.04. The molecular weight excluding hydrogens is 376 g/mol. The number of amides is 2. The standard InChI is InChI=1S/C21H24N2O6/c1-4-27-17-11-8-15(12-18(17)28-5-2)21(26)29-13(3)20(25)23-16-9-6-14(7-10-16)19(22)24/h6-13H,4-5H2,1-3H3,(H2,22,24)(H,23,25)/t13-/m1/s1. The van der Waals surface area contributed by atoms with Crippen molar-refractivity contribution in [1.29, 1.82) is 0 Å². The zero-order chi connectivity index (χ0) is 21.4. The van der Waals surface area contributed by atoms with Gasteiger partial charge in [-0.1, -0.05) is 0 Å². The topological polar surface area (TPSA) is 117 Å². The Kier molecular flexibility index (Phi) is 7.59. The van der Waals surface area contributed by atoms with Crippen LogP contribution in [0.5, 0.6) is 11.5 Å². The number of nitrogens with one attached hydrogen (secondary N) is 1. The second kappa shape index (κ2) is 10.1. The van der Waals surface area contributed by atoms with Crippen molar-refractivity contribution in [3.63, 3.8) is 0 Å². The molecule has 0 aliphatic heterocycles. The highest BCUT2D eigenvalue weighted by Gasteiger charge is 2.20. The number of hydrogen-bond donors (Lipinski definition) is 2. The summed E-state index contributed by atoms with van der Waals surface area (Å²) in [6, 6.07) is 10.7. The summed E-state index contributed by atoms with van der Waals surface area (Å²) in [6.45, 7) is 6.00. The summed E-state index contributed by atoms with van der Waals surface area (Å²) in [5, 5.41) is 2.61. The molecule has 0 aliphatic carbocycles. The Balaban J connectivity index is 2.02. The lowest BCUT2D eigenvalue weighted by molar-refractivity contribution is -0.123. The van der Waals surface area contributed by atoms with Crippen LogP contribution >= 0.6 is 0 Å². The zero-order valence-corrected chi connectivity index (χ0v) is 16.6. The molecule has 2 rings (SSSR count). The van der Waals surface area contributed by atoms with Crippen molar-refractivity contribution in [2.24, 2.45) is 5.73 Å². The van der Waals surface area contributed by atoms with Crippen molar-refractivity contribution in [3.8, 4) is 11.5 Å². The molecule has 0 fully saturated rings. The fourth-order valence-corrected chi connectivity index (χ4v) is 2.42. The number of hydrogen-bond acceptors (Lipinski definition) is 6. The Labute approximate surface area is 168 Å². The van der Waals surface area contributed by atoms with Gasteiger partial charge >= 0.3 is 5.97 Å². The van der Waals surface area contributed by atoms with Gasteiger partial charge in [0.15, 0.2) is 17.6 Å². The van der Waals surface area contributed by atoms with Gasteiger partial charge < -0.3 is 25.3 Å². The molecule has 1 atom stereocenters. The van der Waals surface area contributed by atoms with Crippen molar-refractivity contribution >= 4 is 23.5 Å². The van der Waals surface area contributed by atoms with E-state index in [-0.39, 0.29) is 5.56 Å². The SMILES string of the molecule is CCOc1ccc(C(=O)O[C@H](C)C(=O)Nc2ccc(C(N)=O)cc2)cc1OCC. The van der Waals surface area contributed by atoms with E-state index in [0.29, 0.717) is 36.0 Å². The fraction of sp³-hybridized carbons (Fsp3) is 0.286. The number of esters is 1. The summed E-state index contributed by atoms with van der Waals surface area (Å²) in [5.41, 5.74) is 6.19. The highest BCUT2D eigenvalue weighted by molar-refractivity contribution is 5.98. The highest BCUT2D eigenvalue weighted by atomic mass is 16.5. The number of primary amides is 1. The summed E-state index contributed by atoms with van der Waals surface area (Å²) in [4.78, 5) is 35.8. The van der Waals surface area contributed by atoms with Gasteiger partial charge in [-0.3, -0.25) is 9.59 Å². The highest BCUT2D eigenvalue weighted by Crippen LogP contribution is 2.29. The third-order valence-corrected chi connectivity index (χ3v) is 3.87. The minimum absolute atomic E-state index is 0.238. The first-order valence-corrected chi connectivity index (χ1v) is 9.17. The van der Waals surface area contributed by atoms with E-state index in [9.17, 15) is 14.4 Å². The first-order chi connectivity index (χ1) is 13.8. The molecule has 0 saturated carbocycles. The van der Waals surface area contributed by atoms with Gasteiger partial charge in [-0.2, -0.15) is 0 Å². The minimum Gasteiger partial charge on any atom is -0.490 e. The summed E-state index contributed by atoms with van der Waals surface area (Å²) >= 11 is 0. The maximum absolute atomic E-state index is 12.4. The molecule has 154 valence electrons. The number of nitrogens with two attached hydrogens (primary N) is 1. The molecule has 0 aliphatic rings. The molecule has 0 aromatic heterocycles. The van der Waals surface area contributed by atoms with E-state index in [1.54, 1.807) is 12.1 Å². The molecule has 2 aromatic carbocycles. The molecule has 8 nitrogen and oxygen atoms in total. The monoisotopic (exact) mass is 400 g/mol. The van der Waals surface area contributed by atoms with Gasteiger partial charge in [0.05, 0.1) is 18.8 Å². The van der Waals surface area contributed by atoms with E-state index in [2.05, 4.69) is 5.32 Å². The largest absolute Gasteiger partial charge is 0.490 e. The van der Waals surface area contributed by atoms with Crippen LogP contribution in [0.3, 0.4) is 0 Å². The molecule has 8 heteroatoms. The summed E-state index contributed by atoms with van der Waals surface area (Å²) in [5.74, 6) is -0.791. The summed E-state index contributed by atoms with van der Waals surface area (Å²) in [7, 11) is 0. The van der Waals surface area contributed by atoms with Crippen LogP contribution in [0.1, 0.15) is 41.5 Å². The second-order valence-corrected chi connectivity index (χ2v) is 6.01. The Hall–Kier alpha value is -3.55. The first kappa shape index (κ1) is 21.7. The van der Waals surface area contributed by atoms with Crippen LogP contribution < -0.4 is 20.5 Å². The lowest BCUT2D eigenvalue weighted by Crippen LogP contribution is -2.30. The van der Waals surface area contributed by atoms with Gasteiger partial charge in [-0.05, 0) is 63.2 Å². The lowest BCUT2D eigenvalue weighted by atomic mass is 10.2. The number of carbonyl (C=O) groups excluding carboxylic acids is 3. The van der Waals surface area contributed by atoms with Crippen LogP contribution in [-0.4, -0.2) is 37.1 Å². The normalized spacial score (nSPS) is 11.3. The van der Waals surface area contributed by atoms with Gasteiger partial charge in [-0.15, -0.1) is 0 Å². The van der Waals surface area contributed by atoms with Crippen LogP contribution in [-0.2, 0) is 9.53 Å². The van der Waals surface area contributed by atoms with E-state index in [1.807, 2.05) is 13.8 Å². The van der Waals surface area contributed by atoms with Crippen molar-refractivity contribution in [2.45, 2.75) is 26.9 Å². The molecule has 2 amide bonds. The Morgan fingerprint density at radius 3 is 2.10 bits per heavy atom. The van der Waals surface area contributed by atoms with Gasteiger partial charge in [0.2, 0.25) is 5.91 Å². The van der Waals surface area contributed by atoms with Gasteiger partial charge in [0, 0.05) is 11.3 Å². The maximum Gasteiger partial charge on any atom is 0.339 e. The molecular formula is C21H24N2O6. The van der Waals surface area contributed by atoms with Crippen LogP contribution in [0.15, 0.2) is 42.5 Å². The molecule has 0 unspecified atom stereocenters. The minimum atomic E-state index is -1.04. The van der Waals surface area contributed by atoms with Crippen molar-refractivity contribution < 1.29 is 28.6 Å². The van der Waals surface area contributed by atoms with Gasteiger partial charge in [-0.25, -0.2) is 4.79 Å². The van der Waals surface area contributed by atoms with E-state index < -0.39 is 23.9 Å². The van der Waals surface area contributed by atoms with E-state index in [0.717, 1.165) is 0 Å². The third kappa shape index (κ3) is 5.97. The molecule has 0 heterocycles. The Morgan fingerprint density at radius 1 is 0.931 bits per heavy atom. The van der Waals surface area contributed by atoms with Gasteiger partial charge in [0.25, 0.3) is 5.91 Å². The number of rotatable bonds is 9. The average molecular weight is 400 g/mol. The molecule has 2 aromatic rings. The third-order valence-electron chi connectivity index (χ3n) is 3.87. The maximum atomic E-state index is 12.4. The van der Waals surface area contributed by atoms with Crippen LogP contribution in [0.25, 0.3) is 0 Å². The molecule has 3 N–H and O–H groups in total. The van der Waals surface area contributed by atoms with E-state index in [1.165, 1.54) is 37.3 Å². The Bertz CT molecular complexity index is 879. The van der Waals surface area contributed by atoms with Crippen molar-refractivity contribution in [3.05, 3.63) is 53.6 Å². The van der Waals surface area contributed by atoms with Crippen LogP contribution in [0.4, 0.5) is 5.69 Å². The van der Waals surface area contributed by atoms with Crippen LogP contribution in [0, 0.1) is 0 Å².